The maximum atomic E-state index is 12.1. The Bertz CT molecular complexity index is 760. The number of aryl methyl sites for hydroxylation is 2. The molecule has 0 heterocycles. The van der Waals surface area contributed by atoms with Crippen molar-refractivity contribution in [3.8, 4) is 17.2 Å². The molecular formula is C19H23ClN2O4. The van der Waals surface area contributed by atoms with Gasteiger partial charge in [0.1, 0.15) is 23.9 Å². The summed E-state index contributed by atoms with van der Waals surface area (Å²) in [5.41, 5.74) is 2.59. The van der Waals surface area contributed by atoms with E-state index in [0.717, 1.165) is 16.9 Å². The monoisotopic (exact) mass is 378 g/mol. The summed E-state index contributed by atoms with van der Waals surface area (Å²) in [5, 5.41) is 5.86. The van der Waals surface area contributed by atoms with Gasteiger partial charge in [-0.1, -0.05) is 29.8 Å². The molecule has 7 heteroatoms. The van der Waals surface area contributed by atoms with Gasteiger partial charge in [0, 0.05) is 12.1 Å². The lowest BCUT2D eigenvalue weighted by Crippen LogP contribution is -2.32. The van der Waals surface area contributed by atoms with E-state index >= 15 is 0 Å². The van der Waals surface area contributed by atoms with E-state index in [0.29, 0.717) is 35.4 Å². The van der Waals surface area contributed by atoms with Crippen LogP contribution in [0.5, 0.6) is 17.2 Å². The van der Waals surface area contributed by atoms with Gasteiger partial charge in [0.15, 0.2) is 0 Å². The quantitative estimate of drug-likeness (QED) is 0.709. The number of urea groups is 1. The smallest absolute Gasteiger partial charge is 0.319 e. The standard InChI is InChI=1S/C19H23ClN2O4/c1-12-6-5-7-13(2)18(12)26-9-8-21-19(23)22-15-11-16(24-3)14(20)10-17(15)25-4/h5-7,10-11H,8-9H2,1-4H3,(H2,21,22,23). The number of carbonyl (C=O) groups is 1. The van der Waals surface area contributed by atoms with E-state index in [4.69, 9.17) is 25.8 Å². The van der Waals surface area contributed by atoms with Crippen molar-refractivity contribution in [2.75, 3.05) is 32.7 Å². The van der Waals surface area contributed by atoms with Crippen molar-refractivity contribution < 1.29 is 19.0 Å². The number of nitrogens with one attached hydrogen (secondary N) is 2. The lowest BCUT2D eigenvalue weighted by molar-refractivity contribution is 0.247. The van der Waals surface area contributed by atoms with Gasteiger partial charge in [-0.05, 0) is 25.0 Å². The van der Waals surface area contributed by atoms with Crippen LogP contribution in [-0.2, 0) is 0 Å². The van der Waals surface area contributed by atoms with Crippen LogP contribution in [0.3, 0.4) is 0 Å². The van der Waals surface area contributed by atoms with Crippen LogP contribution in [0.25, 0.3) is 0 Å². The second kappa shape index (κ2) is 9.20. The third-order valence-electron chi connectivity index (χ3n) is 3.76. The van der Waals surface area contributed by atoms with E-state index in [1.165, 1.54) is 14.2 Å². The van der Waals surface area contributed by atoms with Gasteiger partial charge in [-0.2, -0.15) is 0 Å². The summed E-state index contributed by atoms with van der Waals surface area (Å²) in [6.45, 7) is 4.69. The molecule has 0 fully saturated rings. The van der Waals surface area contributed by atoms with E-state index in [1.54, 1.807) is 12.1 Å². The van der Waals surface area contributed by atoms with E-state index in [9.17, 15) is 4.79 Å². The lowest BCUT2D eigenvalue weighted by Gasteiger charge is -2.14. The van der Waals surface area contributed by atoms with Crippen molar-refractivity contribution in [3.05, 3.63) is 46.5 Å². The molecule has 0 aliphatic rings. The van der Waals surface area contributed by atoms with Gasteiger partial charge in [-0.15, -0.1) is 0 Å². The molecule has 0 saturated heterocycles. The molecule has 2 N–H and O–H groups in total. The minimum atomic E-state index is -0.377. The van der Waals surface area contributed by atoms with Gasteiger partial charge in [-0.25, -0.2) is 4.79 Å². The molecule has 0 aromatic heterocycles. The zero-order valence-corrected chi connectivity index (χ0v) is 16.1. The summed E-state index contributed by atoms with van der Waals surface area (Å²) in [4.78, 5) is 12.1. The molecule has 0 unspecified atom stereocenters. The molecule has 0 aliphatic carbocycles. The number of methoxy groups -OCH3 is 2. The molecule has 2 rings (SSSR count). The van der Waals surface area contributed by atoms with Crippen LogP contribution in [0.2, 0.25) is 5.02 Å². The third-order valence-corrected chi connectivity index (χ3v) is 4.06. The van der Waals surface area contributed by atoms with Gasteiger partial charge >= 0.3 is 6.03 Å². The molecule has 0 bridgehead atoms. The van der Waals surface area contributed by atoms with Crippen LogP contribution in [0.1, 0.15) is 11.1 Å². The highest BCUT2D eigenvalue weighted by molar-refractivity contribution is 6.32. The molecule has 0 saturated carbocycles. The molecule has 2 aromatic carbocycles. The number of ether oxygens (including phenoxy) is 3. The number of carbonyl (C=O) groups excluding carboxylic acids is 1. The highest BCUT2D eigenvalue weighted by atomic mass is 35.5. The number of para-hydroxylation sites is 1. The normalized spacial score (nSPS) is 10.2. The number of benzene rings is 2. The molecule has 0 spiro atoms. The number of amides is 2. The van der Waals surface area contributed by atoms with Crippen molar-refractivity contribution in [2.24, 2.45) is 0 Å². The topological polar surface area (TPSA) is 68.8 Å². The highest BCUT2D eigenvalue weighted by Gasteiger charge is 2.12. The lowest BCUT2D eigenvalue weighted by atomic mass is 10.1. The average Bonchev–Trinajstić information content (AvgIpc) is 2.61. The van der Waals surface area contributed by atoms with Crippen LogP contribution >= 0.6 is 11.6 Å². The maximum Gasteiger partial charge on any atom is 0.319 e. The first kappa shape index (κ1) is 19.7. The van der Waals surface area contributed by atoms with E-state index in [2.05, 4.69) is 10.6 Å². The van der Waals surface area contributed by atoms with Crippen LogP contribution in [0.15, 0.2) is 30.3 Å². The molecular weight excluding hydrogens is 356 g/mol. The fraction of sp³-hybridized carbons (Fsp3) is 0.316. The van der Waals surface area contributed by atoms with E-state index < -0.39 is 0 Å². The van der Waals surface area contributed by atoms with Crippen molar-refractivity contribution in [1.82, 2.24) is 5.32 Å². The Labute approximate surface area is 158 Å². The molecule has 26 heavy (non-hydrogen) atoms. The first-order valence-corrected chi connectivity index (χ1v) is 8.49. The largest absolute Gasteiger partial charge is 0.495 e. The number of hydrogen-bond acceptors (Lipinski definition) is 4. The van der Waals surface area contributed by atoms with Crippen molar-refractivity contribution in [1.29, 1.82) is 0 Å². The highest BCUT2D eigenvalue weighted by Crippen LogP contribution is 2.35. The van der Waals surface area contributed by atoms with Gasteiger partial charge in [0.2, 0.25) is 0 Å². The van der Waals surface area contributed by atoms with Crippen LogP contribution in [-0.4, -0.2) is 33.4 Å². The van der Waals surface area contributed by atoms with Crippen molar-refractivity contribution in [3.63, 3.8) is 0 Å². The summed E-state index contributed by atoms with van der Waals surface area (Å²) < 4.78 is 16.1. The Hall–Kier alpha value is -2.60. The summed E-state index contributed by atoms with van der Waals surface area (Å²) in [5.74, 6) is 1.73. The number of rotatable bonds is 7. The predicted molar refractivity (Wildman–Crippen MR) is 103 cm³/mol. The number of halogens is 1. The summed E-state index contributed by atoms with van der Waals surface area (Å²) in [6.07, 6.45) is 0. The van der Waals surface area contributed by atoms with Gasteiger partial charge in [0.05, 0.1) is 31.5 Å². The number of anilines is 1. The Kier molecular flexibility index (Phi) is 6.97. The first-order chi connectivity index (χ1) is 12.5. The van der Waals surface area contributed by atoms with E-state index in [1.807, 2.05) is 32.0 Å². The Balaban J connectivity index is 1.89. The average molecular weight is 379 g/mol. The summed E-state index contributed by atoms with van der Waals surface area (Å²) in [6, 6.07) is 8.77. The maximum absolute atomic E-state index is 12.1. The zero-order valence-electron chi connectivity index (χ0n) is 15.3. The fourth-order valence-corrected chi connectivity index (χ4v) is 2.70. The summed E-state index contributed by atoms with van der Waals surface area (Å²) >= 11 is 6.05. The number of hydrogen-bond donors (Lipinski definition) is 2. The molecule has 2 amide bonds. The Morgan fingerprint density at radius 2 is 1.73 bits per heavy atom. The van der Waals surface area contributed by atoms with Crippen molar-refractivity contribution >= 4 is 23.3 Å². The molecule has 0 radical (unpaired) electrons. The second-order valence-corrected chi connectivity index (χ2v) is 6.04. The third kappa shape index (κ3) is 4.95. The molecule has 140 valence electrons. The van der Waals surface area contributed by atoms with Gasteiger partial charge in [-0.3, -0.25) is 0 Å². The SMILES string of the molecule is COc1cc(NC(=O)NCCOc2c(C)cccc2C)c(OC)cc1Cl. The zero-order chi connectivity index (χ0) is 19.1. The first-order valence-electron chi connectivity index (χ1n) is 8.11. The van der Waals surface area contributed by atoms with Crippen molar-refractivity contribution in [2.45, 2.75) is 13.8 Å². The molecule has 6 nitrogen and oxygen atoms in total. The predicted octanol–water partition coefficient (Wildman–Crippen LogP) is 4.17. The minimum Gasteiger partial charge on any atom is -0.495 e. The van der Waals surface area contributed by atoms with Gasteiger partial charge in [0.25, 0.3) is 0 Å². The van der Waals surface area contributed by atoms with Gasteiger partial charge < -0.3 is 24.8 Å². The Morgan fingerprint density at radius 3 is 2.35 bits per heavy atom. The van der Waals surface area contributed by atoms with E-state index in [-0.39, 0.29) is 6.03 Å². The molecule has 0 atom stereocenters. The Morgan fingerprint density at radius 1 is 1.08 bits per heavy atom. The van der Waals surface area contributed by atoms with Crippen LogP contribution in [0.4, 0.5) is 10.5 Å². The summed E-state index contributed by atoms with van der Waals surface area (Å²) in [7, 11) is 3.00. The fourth-order valence-electron chi connectivity index (χ4n) is 2.47. The minimum absolute atomic E-state index is 0.354. The van der Waals surface area contributed by atoms with Crippen LogP contribution < -0.4 is 24.8 Å². The molecule has 2 aromatic rings. The second-order valence-electron chi connectivity index (χ2n) is 5.64. The van der Waals surface area contributed by atoms with Crippen LogP contribution in [0, 0.1) is 13.8 Å². The molecule has 0 aliphatic heterocycles.